The lowest BCUT2D eigenvalue weighted by atomic mass is 9.92. The number of fused-ring (bicyclic) bond motifs is 1. The molecule has 5 rings (SSSR count). The van der Waals surface area contributed by atoms with E-state index in [0.717, 1.165) is 29.2 Å². The van der Waals surface area contributed by atoms with Gasteiger partial charge in [0.2, 0.25) is 5.78 Å². The summed E-state index contributed by atoms with van der Waals surface area (Å²) in [7, 11) is 1.41. The van der Waals surface area contributed by atoms with Gasteiger partial charge in [0.05, 0.1) is 24.3 Å². The molecule has 6 nitrogen and oxygen atoms in total. The van der Waals surface area contributed by atoms with E-state index < -0.39 is 35.2 Å². The Morgan fingerprint density at radius 2 is 1.76 bits per heavy atom. The Morgan fingerprint density at radius 1 is 1.08 bits per heavy atom. The van der Waals surface area contributed by atoms with Crippen LogP contribution in [0.15, 0.2) is 82.5 Å². The topological polar surface area (TPSA) is 80.0 Å². The van der Waals surface area contributed by atoms with Crippen molar-refractivity contribution < 1.29 is 37.0 Å². The Kier molecular flexibility index (Phi) is 6.19. The van der Waals surface area contributed by atoms with E-state index in [-0.39, 0.29) is 28.4 Å². The molecule has 10 heteroatoms. The van der Waals surface area contributed by atoms with Crippen LogP contribution in [0.25, 0.3) is 11.0 Å². The molecule has 2 heterocycles. The van der Waals surface area contributed by atoms with E-state index in [0.29, 0.717) is 21.5 Å². The smallest absolute Gasteiger partial charge is 0.416 e. The maximum Gasteiger partial charge on any atom is 0.416 e. The number of anilines is 1. The number of carbonyl (C=O) groups is 2. The highest BCUT2D eigenvalue weighted by Gasteiger charge is 2.46. The van der Waals surface area contributed by atoms with Crippen LogP contribution in [-0.4, -0.2) is 23.9 Å². The van der Waals surface area contributed by atoms with Gasteiger partial charge in [0, 0.05) is 22.2 Å². The van der Waals surface area contributed by atoms with Gasteiger partial charge in [0.15, 0.2) is 22.9 Å². The molecule has 194 valence electrons. The van der Waals surface area contributed by atoms with E-state index in [9.17, 15) is 27.9 Å². The van der Waals surface area contributed by atoms with Crippen LogP contribution >= 0.6 is 11.6 Å². The van der Waals surface area contributed by atoms with Gasteiger partial charge in [-0.2, -0.15) is 13.2 Å². The zero-order chi connectivity index (χ0) is 27.4. The van der Waals surface area contributed by atoms with Gasteiger partial charge in [-0.25, -0.2) is 0 Å². The third kappa shape index (κ3) is 4.18. The standard InChI is InChI=1S/C28H19ClF3NO5/c1-14-5-3-4-6-19(14)23-22(24(34)20-12-15-11-17(29)13-21(37-2)26(15)38-20)25(35)27(36)33(23)18-9-7-16(8-10-18)28(30,31)32/h3-13,23,35H,1-2H3. The number of Topliss-reactive ketones (excluding diaryl/α,β-unsaturated/α-hetero) is 1. The van der Waals surface area contributed by atoms with E-state index in [1.165, 1.54) is 19.2 Å². The normalized spacial score (nSPS) is 16.0. The molecule has 1 aliphatic heterocycles. The quantitative estimate of drug-likeness (QED) is 0.270. The summed E-state index contributed by atoms with van der Waals surface area (Å²) < 4.78 is 50.5. The molecule has 4 aromatic rings. The highest BCUT2D eigenvalue weighted by atomic mass is 35.5. The summed E-state index contributed by atoms with van der Waals surface area (Å²) in [6, 6.07) is 14.2. The first-order valence-corrected chi connectivity index (χ1v) is 11.7. The predicted octanol–water partition coefficient (Wildman–Crippen LogP) is 7.20. The van der Waals surface area contributed by atoms with E-state index >= 15 is 0 Å². The number of aliphatic hydroxyl groups is 1. The minimum Gasteiger partial charge on any atom is -0.503 e. The van der Waals surface area contributed by atoms with Crippen LogP contribution in [0.5, 0.6) is 5.75 Å². The minimum absolute atomic E-state index is 0.0728. The van der Waals surface area contributed by atoms with Crippen molar-refractivity contribution in [3.05, 3.63) is 106 Å². The average molecular weight is 542 g/mol. The maximum atomic E-state index is 13.8. The van der Waals surface area contributed by atoms with Crippen molar-refractivity contribution in [2.24, 2.45) is 0 Å². The fraction of sp³-hybridized carbons (Fsp3) is 0.143. The van der Waals surface area contributed by atoms with Crippen molar-refractivity contribution >= 4 is 39.9 Å². The van der Waals surface area contributed by atoms with Crippen LogP contribution < -0.4 is 9.64 Å². The first-order chi connectivity index (χ1) is 18.0. The Bertz CT molecular complexity index is 1620. The fourth-order valence-electron chi connectivity index (χ4n) is 4.58. The molecule has 0 aliphatic carbocycles. The molecular weight excluding hydrogens is 523 g/mol. The van der Waals surface area contributed by atoms with Gasteiger partial charge < -0.3 is 14.3 Å². The lowest BCUT2D eigenvalue weighted by molar-refractivity contribution is -0.137. The average Bonchev–Trinajstić information content (AvgIpc) is 3.42. The van der Waals surface area contributed by atoms with Gasteiger partial charge in [-0.3, -0.25) is 14.5 Å². The summed E-state index contributed by atoms with van der Waals surface area (Å²) in [5.74, 6) is -2.42. The summed E-state index contributed by atoms with van der Waals surface area (Å²) >= 11 is 6.13. The number of halogens is 4. The number of furan rings is 1. The molecule has 38 heavy (non-hydrogen) atoms. The number of amides is 1. The molecule has 1 unspecified atom stereocenters. The van der Waals surface area contributed by atoms with Crippen LogP contribution in [0, 0.1) is 6.92 Å². The second kappa shape index (κ2) is 9.25. The number of ketones is 1. The van der Waals surface area contributed by atoms with Gasteiger partial charge in [0.1, 0.15) is 0 Å². The first-order valence-electron chi connectivity index (χ1n) is 11.3. The van der Waals surface area contributed by atoms with Crippen molar-refractivity contribution in [2.75, 3.05) is 12.0 Å². The number of alkyl halides is 3. The number of hydrogen-bond donors (Lipinski definition) is 1. The third-order valence-corrected chi connectivity index (χ3v) is 6.62. The van der Waals surface area contributed by atoms with Gasteiger partial charge in [-0.05, 0) is 54.4 Å². The molecule has 0 saturated heterocycles. The number of hydrogen-bond acceptors (Lipinski definition) is 5. The van der Waals surface area contributed by atoms with Gasteiger partial charge in [-0.15, -0.1) is 0 Å². The SMILES string of the molecule is COc1cc(Cl)cc2cc(C(=O)C3=C(O)C(=O)N(c4ccc(C(F)(F)F)cc4)C3c3ccccc3C)oc12. The molecule has 1 aliphatic rings. The zero-order valence-electron chi connectivity index (χ0n) is 20.0. The van der Waals surface area contributed by atoms with Crippen molar-refractivity contribution in [2.45, 2.75) is 19.1 Å². The van der Waals surface area contributed by atoms with Crippen LogP contribution in [0.1, 0.15) is 33.3 Å². The number of nitrogens with zero attached hydrogens (tertiary/aromatic N) is 1. The molecule has 0 saturated carbocycles. The van der Waals surface area contributed by atoms with Crippen molar-refractivity contribution in [3.8, 4) is 5.75 Å². The number of benzene rings is 3. The zero-order valence-corrected chi connectivity index (χ0v) is 20.7. The summed E-state index contributed by atoms with van der Waals surface area (Å²) in [5.41, 5.74) is 0.350. The number of rotatable bonds is 5. The molecule has 0 spiro atoms. The first kappa shape index (κ1) is 25.4. The summed E-state index contributed by atoms with van der Waals surface area (Å²) in [6.07, 6.45) is -4.57. The van der Waals surface area contributed by atoms with E-state index in [2.05, 4.69) is 0 Å². The summed E-state index contributed by atoms with van der Waals surface area (Å²) in [4.78, 5) is 28.2. The Morgan fingerprint density at radius 3 is 2.39 bits per heavy atom. The number of carbonyl (C=O) groups excluding carboxylic acids is 2. The van der Waals surface area contributed by atoms with Crippen LogP contribution in [0.4, 0.5) is 18.9 Å². The van der Waals surface area contributed by atoms with Crippen molar-refractivity contribution in [1.82, 2.24) is 0 Å². The summed E-state index contributed by atoms with van der Waals surface area (Å²) in [5, 5.41) is 11.8. The van der Waals surface area contributed by atoms with Crippen molar-refractivity contribution in [3.63, 3.8) is 0 Å². The summed E-state index contributed by atoms with van der Waals surface area (Å²) in [6.45, 7) is 1.76. The predicted molar refractivity (Wildman–Crippen MR) is 135 cm³/mol. The van der Waals surface area contributed by atoms with E-state index in [1.807, 2.05) is 0 Å². The molecule has 3 aromatic carbocycles. The number of methoxy groups -OCH3 is 1. The molecular formula is C28H19ClF3NO5. The van der Waals surface area contributed by atoms with Gasteiger partial charge in [-0.1, -0.05) is 35.9 Å². The molecule has 0 bridgehead atoms. The van der Waals surface area contributed by atoms with Crippen LogP contribution in [0.3, 0.4) is 0 Å². The molecule has 1 atom stereocenters. The monoisotopic (exact) mass is 541 g/mol. The molecule has 1 aromatic heterocycles. The van der Waals surface area contributed by atoms with Gasteiger partial charge >= 0.3 is 6.18 Å². The number of ether oxygens (including phenoxy) is 1. The number of aliphatic hydroxyl groups excluding tert-OH is 1. The highest BCUT2D eigenvalue weighted by Crippen LogP contribution is 2.44. The van der Waals surface area contributed by atoms with Crippen LogP contribution in [-0.2, 0) is 11.0 Å². The van der Waals surface area contributed by atoms with Gasteiger partial charge in [0.25, 0.3) is 5.91 Å². The Hall–Kier alpha value is -4.24. The van der Waals surface area contributed by atoms with Crippen molar-refractivity contribution in [1.29, 1.82) is 0 Å². The molecule has 1 amide bonds. The highest BCUT2D eigenvalue weighted by molar-refractivity contribution is 6.31. The van der Waals surface area contributed by atoms with E-state index in [4.69, 9.17) is 20.8 Å². The lowest BCUT2D eigenvalue weighted by Gasteiger charge is -2.28. The molecule has 0 radical (unpaired) electrons. The fourth-order valence-corrected chi connectivity index (χ4v) is 4.80. The minimum atomic E-state index is -4.57. The lowest BCUT2D eigenvalue weighted by Crippen LogP contribution is -2.31. The van der Waals surface area contributed by atoms with E-state index in [1.54, 1.807) is 37.3 Å². The maximum absolute atomic E-state index is 13.8. The molecule has 0 fully saturated rings. The second-order valence-corrected chi connectivity index (χ2v) is 9.14. The molecule has 1 N–H and O–H groups in total. The Balaban J connectivity index is 1.65. The largest absolute Gasteiger partial charge is 0.503 e. The second-order valence-electron chi connectivity index (χ2n) is 8.71. The van der Waals surface area contributed by atoms with Crippen LogP contribution in [0.2, 0.25) is 5.02 Å². The Labute approximate surface area is 219 Å². The number of aryl methyl sites for hydroxylation is 1. The third-order valence-electron chi connectivity index (χ3n) is 6.40.